The SMILES string of the molecule is Cc1[nH]c2ccc(F)cc2c1CCNC(=O)c1c(C)oc2ncn(C)c(=O)c12. The first-order valence-electron chi connectivity index (χ1n) is 8.86. The van der Waals surface area contributed by atoms with Gasteiger partial charge in [0.05, 0.1) is 5.56 Å². The summed E-state index contributed by atoms with van der Waals surface area (Å²) in [5, 5.41) is 3.80. The van der Waals surface area contributed by atoms with Crippen molar-refractivity contribution in [3.8, 4) is 0 Å². The number of hydrogen-bond donors (Lipinski definition) is 2. The lowest BCUT2D eigenvalue weighted by molar-refractivity contribution is 0.0954. The Labute approximate surface area is 159 Å². The molecule has 144 valence electrons. The maximum Gasteiger partial charge on any atom is 0.265 e. The molecule has 0 aliphatic rings. The highest BCUT2D eigenvalue weighted by Gasteiger charge is 2.22. The van der Waals surface area contributed by atoms with E-state index in [9.17, 15) is 14.0 Å². The molecule has 0 unspecified atom stereocenters. The first-order chi connectivity index (χ1) is 13.4. The first-order valence-corrected chi connectivity index (χ1v) is 8.86. The van der Waals surface area contributed by atoms with Gasteiger partial charge in [-0.2, -0.15) is 0 Å². The Morgan fingerprint density at radius 1 is 1.36 bits per heavy atom. The van der Waals surface area contributed by atoms with Gasteiger partial charge in [0, 0.05) is 30.2 Å². The molecular weight excluding hydrogens is 363 g/mol. The fraction of sp³-hybridized carbons (Fsp3) is 0.250. The molecule has 0 aliphatic carbocycles. The number of halogens is 1. The minimum atomic E-state index is -0.398. The fourth-order valence-electron chi connectivity index (χ4n) is 3.53. The maximum absolute atomic E-state index is 13.6. The van der Waals surface area contributed by atoms with Crippen molar-refractivity contribution in [3.63, 3.8) is 0 Å². The van der Waals surface area contributed by atoms with E-state index in [4.69, 9.17) is 4.42 Å². The summed E-state index contributed by atoms with van der Waals surface area (Å²) in [7, 11) is 1.57. The van der Waals surface area contributed by atoms with Crippen LogP contribution >= 0.6 is 0 Å². The van der Waals surface area contributed by atoms with E-state index in [0.29, 0.717) is 18.7 Å². The highest BCUT2D eigenvalue weighted by Crippen LogP contribution is 2.24. The molecule has 0 bridgehead atoms. The Balaban J connectivity index is 1.58. The molecule has 4 rings (SSSR count). The third kappa shape index (κ3) is 2.87. The van der Waals surface area contributed by atoms with E-state index < -0.39 is 5.91 Å². The van der Waals surface area contributed by atoms with Gasteiger partial charge in [-0.15, -0.1) is 0 Å². The van der Waals surface area contributed by atoms with Crippen molar-refractivity contribution < 1.29 is 13.6 Å². The lowest BCUT2D eigenvalue weighted by Crippen LogP contribution is -2.28. The molecule has 0 saturated heterocycles. The molecule has 3 aromatic heterocycles. The van der Waals surface area contributed by atoms with E-state index in [1.54, 1.807) is 20.0 Å². The molecule has 7 nitrogen and oxygen atoms in total. The monoisotopic (exact) mass is 382 g/mol. The minimum Gasteiger partial charge on any atom is -0.442 e. The number of nitrogens with zero attached hydrogens (tertiary/aromatic N) is 2. The van der Waals surface area contributed by atoms with Gasteiger partial charge in [0.2, 0.25) is 5.71 Å². The summed E-state index contributed by atoms with van der Waals surface area (Å²) in [6, 6.07) is 4.59. The number of carbonyl (C=O) groups excluding carboxylic acids is 1. The van der Waals surface area contributed by atoms with Crippen molar-refractivity contribution in [2.45, 2.75) is 20.3 Å². The average Bonchev–Trinajstić information content (AvgIpc) is 3.15. The van der Waals surface area contributed by atoms with Crippen LogP contribution in [0.3, 0.4) is 0 Å². The van der Waals surface area contributed by atoms with E-state index in [0.717, 1.165) is 22.2 Å². The topological polar surface area (TPSA) is 92.9 Å². The number of rotatable bonds is 4. The van der Waals surface area contributed by atoms with E-state index in [-0.39, 0.29) is 28.0 Å². The average molecular weight is 382 g/mol. The van der Waals surface area contributed by atoms with E-state index in [1.165, 1.54) is 23.0 Å². The van der Waals surface area contributed by atoms with Crippen LogP contribution in [0.25, 0.3) is 22.0 Å². The number of furan rings is 1. The summed E-state index contributed by atoms with van der Waals surface area (Å²) >= 11 is 0. The molecule has 3 heterocycles. The second-order valence-electron chi connectivity index (χ2n) is 6.80. The van der Waals surface area contributed by atoms with Gasteiger partial charge in [-0.05, 0) is 44.0 Å². The Morgan fingerprint density at radius 2 is 2.14 bits per heavy atom. The van der Waals surface area contributed by atoms with Crippen molar-refractivity contribution in [1.29, 1.82) is 0 Å². The molecule has 0 aliphatic heterocycles. The lowest BCUT2D eigenvalue weighted by atomic mass is 10.1. The number of aromatic nitrogens is 3. The summed E-state index contributed by atoms with van der Waals surface area (Å²) in [5.74, 6) is -0.362. The molecule has 28 heavy (non-hydrogen) atoms. The molecule has 1 amide bonds. The van der Waals surface area contributed by atoms with Crippen molar-refractivity contribution in [2.24, 2.45) is 7.05 Å². The molecule has 2 N–H and O–H groups in total. The smallest absolute Gasteiger partial charge is 0.265 e. The summed E-state index contributed by atoms with van der Waals surface area (Å²) in [6.45, 7) is 3.87. The maximum atomic E-state index is 13.6. The van der Waals surface area contributed by atoms with Crippen LogP contribution < -0.4 is 10.9 Å². The van der Waals surface area contributed by atoms with Crippen LogP contribution in [0.5, 0.6) is 0 Å². The number of H-pyrrole nitrogens is 1. The Kier molecular flexibility index (Phi) is 4.26. The molecule has 0 saturated carbocycles. The number of hydrogen-bond acceptors (Lipinski definition) is 4. The number of benzene rings is 1. The van der Waals surface area contributed by atoms with Crippen molar-refractivity contribution >= 4 is 27.9 Å². The summed E-state index contributed by atoms with van der Waals surface area (Å²) in [6.07, 6.45) is 1.88. The Bertz CT molecular complexity index is 1280. The Hall–Kier alpha value is -3.42. The second kappa shape index (κ2) is 6.63. The summed E-state index contributed by atoms with van der Waals surface area (Å²) in [4.78, 5) is 32.4. The van der Waals surface area contributed by atoms with Crippen LogP contribution in [0.4, 0.5) is 4.39 Å². The summed E-state index contributed by atoms with van der Waals surface area (Å²) in [5.41, 5.74) is 2.74. The van der Waals surface area contributed by atoms with Crippen LogP contribution in [0.15, 0.2) is 33.7 Å². The number of aryl methyl sites for hydroxylation is 3. The molecular formula is C20H19FN4O3. The van der Waals surface area contributed by atoms with Crippen molar-refractivity contribution in [2.75, 3.05) is 6.54 Å². The quantitative estimate of drug-likeness (QED) is 0.568. The highest BCUT2D eigenvalue weighted by atomic mass is 19.1. The van der Waals surface area contributed by atoms with Crippen molar-refractivity contribution in [1.82, 2.24) is 19.9 Å². The van der Waals surface area contributed by atoms with Gasteiger partial charge in [0.15, 0.2) is 0 Å². The second-order valence-corrected chi connectivity index (χ2v) is 6.80. The third-order valence-electron chi connectivity index (χ3n) is 4.92. The number of nitrogens with one attached hydrogen (secondary N) is 2. The zero-order chi connectivity index (χ0) is 20.0. The van der Waals surface area contributed by atoms with Gasteiger partial charge in [-0.1, -0.05) is 0 Å². The van der Waals surface area contributed by atoms with Gasteiger partial charge < -0.3 is 19.3 Å². The fourth-order valence-corrected chi connectivity index (χ4v) is 3.53. The van der Waals surface area contributed by atoms with E-state index >= 15 is 0 Å². The molecule has 0 fully saturated rings. The normalized spacial score (nSPS) is 11.4. The predicted octanol–water partition coefficient (Wildman–Crippen LogP) is 2.74. The number of amides is 1. The van der Waals surface area contributed by atoms with Gasteiger partial charge in [0.25, 0.3) is 11.5 Å². The number of fused-ring (bicyclic) bond motifs is 2. The standard InChI is InChI=1S/C20H19FN4O3/c1-10-13(14-8-12(21)4-5-15(14)24-10)6-7-22-18(26)16-11(2)28-19-17(16)20(27)25(3)9-23-19/h4-5,8-9,24H,6-7H2,1-3H3,(H,22,26). The van der Waals surface area contributed by atoms with E-state index in [2.05, 4.69) is 15.3 Å². The number of aromatic amines is 1. The molecule has 0 atom stereocenters. The largest absolute Gasteiger partial charge is 0.442 e. The van der Waals surface area contributed by atoms with Crippen LogP contribution in [0.2, 0.25) is 0 Å². The first kappa shape index (κ1) is 18.0. The van der Waals surface area contributed by atoms with Crippen LogP contribution in [-0.2, 0) is 13.5 Å². The highest BCUT2D eigenvalue weighted by molar-refractivity contribution is 6.06. The molecule has 1 aromatic carbocycles. The molecule has 0 radical (unpaired) electrons. The Morgan fingerprint density at radius 3 is 2.93 bits per heavy atom. The van der Waals surface area contributed by atoms with Gasteiger partial charge in [-0.25, -0.2) is 9.37 Å². The zero-order valence-electron chi connectivity index (χ0n) is 15.7. The van der Waals surface area contributed by atoms with Crippen LogP contribution in [0, 0.1) is 19.7 Å². The lowest BCUT2D eigenvalue weighted by Gasteiger charge is -2.06. The van der Waals surface area contributed by atoms with Crippen LogP contribution in [-0.4, -0.2) is 27.0 Å². The zero-order valence-corrected chi connectivity index (χ0v) is 15.7. The predicted molar refractivity (Wildman–Crippen MR) is 103 cm³/mol. The molecule has 4 aromatic rings. The molecule has 0 spiro atoms. The molecule has 8 heteroatoms. The van der Waals surface area contributed by atoms with Gasteiger partial charge >= 0.3 is 0 Å². The third-order valence-corrected chi connectivity index (χ3v) is 4.92. The van der Waals surface area contributed by atoms with Gasteiger partial charge in [0.1, 0.15) is 23.3 Å². The van der Waals surface area contributed by atoms with Gasteiger partial charge in [-0.3, -0.25) is 9.59 Å². The minimum absolute atomic E-state index is 0.147. The number of carbonyl (C=O) groups is 1. The summed E-state index contributed by atoms with van der Waals surface area (Å²) < 4.78 is 20.4. The van der Waals surface area contributed by atoms with Crippen molar-refractivity contribution in [3.05, 3.63) is 63.3 Å². The van der Waals surface area contributed by atoms with Crippen LogP contribution in [0.1, 0.15) is 27.4 Å². The van der Waals surface area contributed by atoms with E-state index in [1.807, 2.05) is 6.92 Å².